The Kier molecular flexibility index (Phi) is 9.32. The Morgan fingerprint density at radius 2 is 1.28 bits per heavy atom. The summed E-state index contributed by atoms with van der Waals surface area (Å²) in [6.07, 6.45) is -3.31. The zero-order chi connectivity index (χ0) is 32.8. The van der Waals surface area contributed by atoms with Crippen molar-refractivity contribution in [2.75, 3.05) is 16.2 Å². The van der Waals surface area contributed by atoms with Crippen LogP contribution >= 0.6 is 0 Å². The molecule has 1 atom stereocenters. The third-order valence-electron chi connectivity index (χ3n) is 8.04. The molecule has 1 unspecified atom stereocenters. The standard InChI is InChI=1S/C37H34F3N7/c1-3-24(2)41-33-20-21-35(30-9-5-4-8-29(30)33)46-47-36-23-22-34(31-10-6-7-11-32(31)36)45-44-28-18-16-27(17-19-28)43-42-26-14-12-25(13-15-26)37(38,39)40/h4-24,41-43,46-47H,3H2,1-2H3/p+2. The van der Waals surface area contributed by atoms with Crippen molar-refractivity contribution < 1.29 is 24.0 Å². The van der Waals surface area contributed by atoms with Crippen molar-refractivity contribution in [3.63, 3.8) is 0 Å². The largest absolute Gasteiger partial charge is 0.416 e. The third kappa shape index (κ3) is 7.51. The minimum Gasteiger partial charge on any atom is -0.382 e. The summed E-state index contributed by atoms with van der Waals surface area (Å²) < 4.78 is 38.4. The lowest BCUT2D eigenvalue weighted by molar-refractivity contribution is -0.538. The van der Waals surface area contributed by atoms with Crippen molar-refractivity contribution in [3.05, 3.63) is 127 Å². The van der Waals surface area contributed by atoms with E-state index in [-0.39, 0.29) is 0 Å². The number of halogens is 3. The molecule has 0 aromatic heterocycles. The van der Waals surface area contributed by atoms with Gasteiger partial charge in [-0.1, -0.05) is 49.4 Å². The number of anilines is 3. The van der Waals surface area contributed by atoms with E-state index in [2.05, 4.69) is 82.7 Å². The Bertz CT molecular complexity index is 2010. The van der Waals surface area contributed by atoms with Crippen molar-refractivity contribution in [2.45, 2.75) is 32.5 Å². The molecule has 0 spiro atoms. The average molecular weight is 636 g/mol. The van der Waals surface area contributed by atoms with Crippen LogP contribution in [0.5, 0.6) is 0 Å². The lowest BCUT2D eigenvalue weighted by Gasteiger charge is -2.16. The molecule has 0 amide bonds. The van der Waals surface area contributed by atoms with Crippen LogP contribution in [-0.4, -0.2) is 6.04 Å². The van der Waals surface area contributed by atoms with Crippen LogP contribution < -0.4 is 27.0 Å². The molecule has 0 bridgehead atoms. The molecule has 0 aliphatic heterocycles. The number of quaternary nitrogens is 2. The van der Waals surface area contributed by atoms with Crippen LogP contribution in [0.4, 0.5) is 53.0 Å². The van der Waals surface area contributed by atoms with Crippen LogP contribution in [0, 0.1) is 0 Å². The summed E-state index contributed by atoms with van der Waals surface area (Å²) in [5.74, 6) is 0. The fraction of sp³-hybridized carbons (Fsp3) is 0.135. The summed E-state index contributed by atoms with van der Waals surface area (Å²) in [6, 6.07) is 37.5. The van der Waals surface area contributed by atoms with E-state index >= 15 is 0 Å². The molecule has 10 heteroatoms. The summed E-state index contributed by atoms with van der Waals surface area (Å²) in [5, 5.41) is 17.0. The molecule has 6 aromatic carbocycles. The van der Waals surface area contributed by atoms with Crippen molar-refractivity contribution >= 4 is 61.4 Å². The fourth-order valence-electron chi connectivity index (χ4n) is 5.26. The zero-order valence-corrected chi connectivity index (χ0v) is 26.0. The molecule has 7 nitrogen and oxygen atoms in total. The Morgan fingerprint density at radius 3 is 1.96 bits per heavy atom. The highest BCUT2D eigenvalue weighted by Gasteiger charge is 2.30. The maximum atomic E-state index is 12.8. The number of nitrogens with zero attached hydrogens (tertiary/aromatic N) is 2. The number of nitrogens with two attached hydrogens (primary N) is 2. The highest BCUT2D eigenvalue weighted by molar-refractivity contribution is 6.01. The van der Waals surface area contributed by atoms with Gasteiger partial charge in [0.05, 0.1) is 28.3 Å². The van der Waals surface area contributed by atoms with Gasteiger partial charge in [-0.2, -0.15) is 18.3 Å². The molecule has 0 radical (unpaired) electrons. The maximum absolute atomic E-state index is 12.8. The second-order valence-corrected chi connectivity index (χ2v) is 11.3. The molecule has 0 saturated heterocycles. The minimum absolute atomic E-state index is 0.386. The molecule has 238 valence electrons. The molecule has 7 N–H and O–H groups in total. The molecule has 47 heavy (non-hydrogen) atoms. The Balaban J connectivity index is 1.13. The first-order valence-electron chi connectivity index (χ1n) is 15.5. The molecule has 6 aromatic rings. The van der Waals surface area contributed by atoms with E-state index < -0.39 is 11.7 Å². The van der Waals surface area contributed by atoms with Gasteiger partial charge in [0.1, 0.15) is 0 Å². The molecule has 0 aliphatic carbocycles. The normalized spacial score (nSPS) is 12.4. The quantitative estimate of drug-likeness (QED) is 0.0426. The monoisotopic (exact) mass is 635 g/mol. The van der Waals surface area contributed by atoms with Crippen LogP contribution in [0.3, 0.4) is 0 Å². The van der Waals surface area contributed by atoms with Gasteiger partial charge >= 0.3 is 6.18 Å². The average Bonchev–Trinajstić information content (AvgIpc) is 3.10. The maximum Gasteiger partial charge on any atom is 0.416 e. The summed E-state index contributed by atoms with van der Waals surface area (Å²) in [5.41, 5.74) is 15.7. The molecule has 0 fully saturated rings. The molecule has 0 heterocycles. The highest BCUT2D eigenvalue weighted by atomic mass is 19.4. The molecule has 6 rings (SSSR count). The summed E-state index contributed by atoms with van der Waals surface area (Å²) >= 11 is 0. The van der Waals surface area contributed by atoms with Gasteiger partial charge in [0, 0.05) is 51.5 Å². The van der Waals surface area contributed by atoms with E-state index in [0.717, 1.165) is 57.8 Å². The van der Waals surface area contributed by atoms with Crippen LogP contribution in [0.2, 0.25) is 0 Å². The van der Waals surface area contributed by atoms with Crippen LogP contribution in [0.25, 0.3) is 21.5 Å². The molecule has 0 saturated carbocycles. The number of alkyl halides is 3. The number of hydrogen-bond donors (Lipinski definition) is 5. The summed E-state index contributed by atoms with van der Waals surface area (Å²) in [4.78, 5) is 0. The van der Waals surface area contributed by atoms with Gasteiger partial charge in [-0.15, -0.1) is 5.11 Å². The molecular weight excluding hydrogens is 599 g/mol. The van der Waals surface area contributed by atoms with Gasteiger partial charge in [0.15, 0.2) is 11.4 Å². The van der Waals surface area contributed by atoms with E-state index in [4.69, 9.17) is 0 Å². The first-order valence-corrected chi connectivity index (χ1v) is 15.5. The Hall–Kier alpha value is -5.45. The van der Waals surface area contributed by atoms with Gasteiger partial charge in [-0.3, -0.25) is 0 Å². The van der Waals surface area contributed by atoms with Gasteiger partial charge in [0.25, 0.3) is 0 Å². The van der Waals surface area contributed by atoms with Crippen LogP contribution in [0.1, 0.15) is 25.8 Å². The summed E-state index contributed by atoms with van der Waals surface area (Å²) in [7, 11) is 0. The number of nitrogen functional groups attached to an aromatic ring is 2. The van der Waals surface area contributed by atoms with E-state index in [0.29, 0.717) is 17.4 Å². The number of azo groups is 1. The summed E-state index contributed by atoms with van der Waals surface area (Å²) in [6.45, 7) is 4.37. The highest BCUT2D eigenvalue weighted by Crippen LogP contribution is 2.33. The number of rotatable bonds is 11. The van der Waals surface area contributed by atoms with Gasteiger partial charge in [0.2, 0.25) is 0 Å². The first-order chi connectivity index (χ1) is 22.8. The second-order valence-electron chi connectivity index (χ2n) is 11.3. The van der Waals surface area contributed by atoms with Crippen molar-refractivity contribution in [3.8, 4) is 0 Å². The van der Waals surface area contributed by atoms with Crippen molar-refractivity contribution in [1.29, 1.82) is 0 Å². The smallest absolute Gasteiger partial charge is 0.382 e. The molecule has 0 aliphatic rings. The van der Waals surface area contributed by atoms with Gasteiger partial charge in [-0.25, -0.2) is 21.7 Å². The SMILES string of the molecule is CCC(C)Nc1ccc([NH2+]Nc2ccc(N=Nc3ccc([NH2+]Nc4ccc(C(F)(F)F)cc4)cc3)c3ccccc23)c2ccccc12. The zero-order valence-electron chi connectivity index (χ0n) is 26.0. The predicted octanol–water partition coefficient (Wildman–Crippen LogP) is 9.08. The van der Waals surface area contributed by atoms with E-state index in [1.165, 1.54) is 22.9 Å². The number of nitrogens with one attached hydrogen (secondary N) is 3. The lowest BCUT2D eigenvalue weighted by Crippen LogP contribution is -2.82. The van der Waals surface area contributed by atoms with Gasteiger partial charge in [-0.05, 0) is 74.0 Å². The topological polar surface area (TPSA) is 94.0 Å². The first kappa shape index (κ1) is 31.5. The van der Waals surface area contributed by atoms with E-state index in [9.17, 15) is 13.2 Å². The van der Waals surface area contributed by atoms with Crippen molar-refractivity contribution in [1.82, 2.24) is 0 Å². The molecular formula is C37H36F3N7+2. The van der Waals surface area contributed by atoms with Crippen LogP contribution in [0.15, 0.2) is 132 Å². The fourth-order valence-corrected chi connectivity index (χ4v) is 5.26. The minimum atomic E-state index is -4.36. The Labute approximate surface area is 270 Å². The van der Waals surface area contributed by atoms with Crippen LogP contribution in [-0.2, 0) is 6.18 Å². The van der Waals surface area contributed by atoms with E-state index in [1.807, 2.05) is 60.0 Å². The Morgan fingerprint density at radius 1 is 0.638 bits per heavy atom. The van der Waals surface area contributed by atoms with Gasteiger partial charge < -0.3 is 5.32 Å². The second kappa shape index (κ2) is 13.9. The number of hydrogen-bond acceptors (Lipinski definition) is 5. The number of fused-ring (bicyclic) bond motifs is 2. The van der Waals surface area contributed by atoms with Crippen molar-refractivity contribution in [2.24, 2.45) is 10.2 Å². The third-order valence-corrected chi connectivity index (χ3v) is 8.04. The van der Waals surface area contributed by atoms with E-state index in [1.54, 1.807) is 5.43 Å². The predicted molar refractivity (Wildman–Crippen MR) is 184 cm³/mol. The number of benzene rings is 6. The lowest BCUT2D eigenvalue weighted by atomic mass is 10.1.